The molecule has 5 heteroatoms. The van der Waals surface area contributed by atoms with Crippen LogP contribution in [0.3, 0.4) is 0 Å². The molecule has 1 saturated carbocycles. The number of anilines is 1. The van der Waals surface area contributed by atoms with Crippen molar-refractivity contribution >= 4 is 11.7 Å². The van der Waals surface area contributed by atoms with E-state index in [4.69, 9.17) is 0 Å². The van der Waals surface area contributed by atoms with E-state index in [1.807, 2.05) is 30.3 Å². The number of aliphatic hydroxyl groups is 2. The van der Waals surface area contributed by atoms with Crippen LogP contribution in [0.2, 0.25) is 0 Å². The molecule has 0 radical (unpaired) electrons. The van der Waals surface area contributed by atoms with Gasteiger partial charge in [-0.15, -0.1) is 0 Å². The number of hydrogen-bond donors (Lipinski definition) is 3. The van der Waals surface area contributed by atoms with Crippen LogP contribution in [-0.2, 0) is 0 Å². The monoisotopic (exact) mass is 276 g/mol. The van der Waals surface area contributed by atoms with Gasteiger partial charge in [-0.05, 0) is 31.4 Å². The quantitative estimate of drug-likeness (QED) is 0.726. The number of rotatable bonds is 1. The molecule has 0 unspecified atom stereocenters. The summed E-state index contributed by atoms with van der Waals surface area (Å²) in [7, 11) is 0. The summed E-state index contributed by atoms with van der Waals surface area (Å²) in [6.07, 6.45) is 1.07. The van der Waals surface area contributed by atoms with Gasteiger partial charge in [0.1, 0.15) is 0 Å². The topological polar surface area (TPSA) is 72.8 Å². The highest BCUT2D eigenvalue weighted by Crippen LogP contribution is 2.35. The fraction of sp³-hybridized carbons (Fsp3) is 0.533. The molecule has 3 N–H and O–H groups in total. The number of likely N-dealkylation sites (tertiary alicyclic amines) is 1. The first-order valence-corrected chi connectivity index (χ1v) is 7.14. The van der Waals surface area contributed by atoms with Gasteiger partial charge in [0.25, 0.3) is 0 Å². The first kappa shape index (κ1) is 13.4. The number of amides is 2. The Balaban J connectivity index is 1.69. The Kier molecular flexibility index (Phi) is 3.63. The number of para-hydroxylation sites is 1. The van der Waals surface area contributed by atoms with Gasteiger partial charge in [0, 0.05) is 24.2 Å². The summed E-state index contributed by atoms with van der Waals surface area (Å²) in [4.78, 5) is 14.0. The molecular formula is C15H20N2O3. The average Bonchev–Trinajstić information content (AvgIpc) is 2.46. The third-order valence-electron chi connectivity index (χ3n) is 4.44. The highest BCUT2D eigenvalue weighted by Gasteiger charge is 2.43. The second-order valence-electron chi connectivity index (χ2n) is 5.71. The van der Waals surface area contributed by atoms with Crippen LogP contribution in [0.25, 0.3) is 0 Å². The largest absolute Gasteiger partial charge is 0.393 e. The molecule has 0 aromatic heterocycles. The molecule has 2 amide bonds. The molecule has 20 heavy (non-hydrogen) atoms. The summed E-state index contributed by atoms with van der Waals surface area (Å²) >= 11 is 0. The lowest BCUT2D eigenvalue weighted by atomic mass is 9.76. The van der Waals surface area contributed by atoms with Gasteiger partial charge in [-0.1, -0.05) is 18.2 Å². The Bertz CT molecular complexity index is 479. The third kappa shape index (κ3) is 2.51. The van der Waals surface area contributed by atoms with E-state index < -0.39 is 12.2 Å². The van der Waals surface area contributed by atoms with Crippen molar-refractivity contribution in [2.45, 2.75) is 37.5 Å². The number of β-amino-alcohol motifs (C(OH)–C–C–N with tert-alkyl or cyclic N) is 1. The lowest BCUT2D eigenvalue weighted by Crippen LogP contribution is -2.58. The SMILES string of the molecule is O=C(Nc1ccccc1)N1C[C@H](O)[C@H]2C[C@@H]1CC[C@@H]2O. The second kappa shape index (κ2) is 5.42. The standard InChI is InChI=1S/C15H20N2O3/c18-13-7-6-11-8-12(13)14(19)9-17(11)15(20)16-10-4-2-1-3-5-10/h1-5,11-14,18-19H,6-9H2,(H,16,20)/t11-,12-,13-,14-/m0/s1. The molecule has 1 aromatic carbocycles. The zero-order valence-corrected chi connectivity index (χ0v) is 11.3. The lowest BCUT2D eigenvalue weighted by molar-refractivity contribution is -0.0750. The van der Waals surface area contributed by atoms with Crippen molar-refractivity contribution in [2.75, 3.05) is 11.9 Å². The molecule has 108 valence electrons. The van der Waals surface area contributed by atoms with Crippen LogP contribution in [-0.4, -0.2) is 45.9 Å². The first-order valence-electron chi connectivity index (χ1n) is 7.14. The summed E-state index contributed by atoms with van der Waals surface area (Å²) in [5.74, 6) is -0.0884. The van der Waals surface area contributed by atoms with Gasteiger partial charge >= 0.3 is 6.03 Å². The number of nitrogens with zero attached hydrogens (tertiary/aromatic N) is 1. The van der Waals surface area contributed by atoms with Crippen LogP contribution >= 0.6 is 0 Å². The van der Waals surface area contributed by atoms with Crippen LogP contribution in [0, 0.1) is 5.92 Å². The molecule has 1 aliphatic carbocycles. The van der Waals surface area contributed by atoms with E-state index >= 15 is 0 Å². The van der Waals surface area contributed by atoms with Gasteiger partial charge in [0.2, 0.25) is 0 Å². The minimum atomic E-state index is -0.636. The number of nitrogens with one attached hydrogen (secondary N) is 1. The van der Waals surface area contributed by atoms with Crippen LogP contribution in [0.5, 0.6) is 0 Å². The summed E-state index contributed by atoms with van der Waals surface area (Å²) in [5.41, 5.74) is 0.755. The fourth-order valence-corrected chi connectivity index (χ4v) is 3.31. The van der Waals surface area contributed by atoms with Gasteiger partial charge in [-0.25, -0.2) is 4.79 Å². The van der Waals surface area contributed by atoms with Crippen molar-refractivity contribution in [2.24, 2.45) is 5.92 Å². The lowest BCUT2D eigenvalue weighted by Gasteiger charge is -2.47. The van der Waals surface area contributed by atoms with Gasteiger partial charge < -0.3 is 20.4 Å². The number of carbonyl (C=O) groups excluding carboxylic acids is 1. The zero-order valence-electron chi connectivity index (χ0n) is 11.3. The van der Waals surface area contributed by atoms with E-state index in [0.717, 1.165) is 12.1 Å². The normalized spacial score (nSPS) is 32.8. The van der Waals surface area contributed by atoms with Crippen LogP contribution in [0.15, 0.2) is 30.3 Å². The third-order valence-corrected chi connectivity index (χ3v) is 4.44. The minimum absolute atomic E-state index is 0.0884. The molecule has 3 rings (SSSR count). The van der Waals surface area contributed by atoms with Gasteiger partial charge in [-0.2, -0.15) is 0 Å². The number of benzene rings is 1. The predicted octanol–water partition coefficient (Wildman–Crippen LogP) is 1.42. The number of fused-ring (bicyclic) bond motifs is 2. The Morgan fingerprint density at radius 2 is 1.90 bits per heavy atom. The molecule has 0 spiro atoms. The van der Waals surface area contributed by atoms with E-state index in [0.29, 0.717) is 19.4 Å². The molecule has 1 heterocycles. The van der Waals surface area contributed by atoms with E-state index in [1.54, 1.807) is 4.90 Å². The number of hydrogen-bond acceptors (Lipinski definition) is 3. The molecule has 1 aromatic rings. The molecule has 1 saturated heterocycles. The highest BCUT2D eigenvalue weighted by molar-refractivity contribution is 5.89. The second-order valence-corrected chi connectivity index (χ2v) is 5.71. The average molecular weight is 276 g/mol. The summed E-state index contributed by atoms with van der Waals surface area (Å²) in [6, 6.07) is 9.26. The van der Waals surface area contributed by atoms with Crippen molar-refractivity contribution < 1.29 is 15.0 Å². The van der Waals surface area contributed by atoms with E-state index in [-0.39, 0.29) is 18.0 Å². The van der Waals surface area contributed by atoms with Crippen molar-refractivity contribution in [3.8, 4) is 0 Å². The van der Waals surface area contributed by atoms with Gasteiger partial charge in [0.05, 0.1) is 12.2 Å². The maximum absolute atomic E-state index is 12.3. The maximum Gasteiger partial charge on any atom is 0.322 e. The summed E-state index contributed by atoms with van der Waals surface area (Å²) in [6.45, 7) is 0.297. The number of aliphatic hydroxyl groups excluding tert-OH is 2. The van der Waals surface area contributed by atoms with Gasteiger partial charge in [0.15, 0.2) is 0 Å². The minimum Gasteiger partial charge on any atom is -0.393 e. The van der Waals surface area contributed by atoms with Crippen molar-refractivity contribution in [3.05, 3.63) is 30.3 Å². The maximum atomic E-state index is 12.3. The Morgan fingerprint density at radius 1 is 1.15 bits per heavy atom. The summed E-state index contributed by atoms with van der Waals surface area (Å²) < 4.78 is 0. The van der Waals surface area contributed by atoms with E-state index in [1.165, 1.54) is 0 Å². The van der Waals surface area contributed by atoms with E-state index in [9.17, 15) is 15.0 Å². The highest BCUT2D eigenvalue weighted by atomic mass is 16.3. The molecule has 2 bridgehead atoms. The molecular weight excluding hydrogens is 256 g/mol. The van der Waals surface area contributed by atoms with Crippen LogP contribution in [0.1, 0.15) is 19.3 Å². The molecule has 5 nitrogen and oxygen atoms in total. The Morgan fingerprint density at radius 3 is 2.65 bits per heavy atom. The predicted molar refractivity (Wildman–Crippen MR) is 75.3 cm³/mol. The number of carbonyl (C=O) groups is 1. The van der Waals surface area contributed by atoms with Crippen LogP contribution < -0.4 is 5.32 Å². The Labute approximate surface area is 118 Å². The summed E-state index contributed by atoms with van der Waals surface area (Å²) in [5, 5.41) is 22.8. The number of piperidine rings is 1. The van der Waals surface area contributed by atoms with Crippen molar-refractivity contribution in [1.82, 2.24) is 4.90 Å². The fourth-order valence-electron chi connectivity index (χ4n) is 3.31. The van der Waals surface area contributed by atoms with Gasteiger partial charge in [-0.3, -0.25) is 0 Å². The molecule has 2 fully saturated rings. The van der Waals surface area contributed by atoms with Crippen molar-refractivity contribution in [3.63, 3.8) is 0 Å². The Hall–Kier alpha value is -1.59. The molecule has 1 aliphatic heterocycles. The number of urea groups is 1. The van der Waals surface area contributed by atoms with E-state index in [2.05, 4.69) is 5.32 Å². The first-order chi connectivity index (χ1) is 9.65. The smallest absolute Gasteiger partial charge is 0.322 e. The van der Waals surface area contributed by atoms with Crippen molar-refractivity contribution in [1.29, 1.82) is 0 Å². The zero-order chi connectivity index (χ0) is 14.1. The molecule has 4 atom stereocenters. The van der Waals surface area contributed by atoms with Crippen LogP contribution in [0.4, 0.5) is 10.5 Å². The molecule has 2 aliphatic rings.